The standard InChI is InChI=1S/C20H21N3O2S2/c1-4-17(26-14-11-9-13(2)10-12-14)18(24)21-20-23-22-19(27-20)15-7-5-6-8-16(15)25-3/h5-12,17H,4H2,1-3H3,(H,21,23,24)/t17-/m0/s1. The largest absolute Gasteiger partial charge is 0.496 e. The van der Waals surface area contributed by atoms with Crippen LogP contribution in [0.15, 0.2) is 53.4 Å². The fraction of sp³-hybridized carbons (Fsp3) is 0.250. The number of methoxy groups -OCH3 is 1. The highest BCUT2D eigenvalue weighted by atomic mass is 32.2. The minimum Gasteiger partial charge on any atom is -0.496 e. The lowest BCUT2D eigenvalue weighted by Crippen LogP contribution is -2.24. The summed E-state index contributed by atoms with van der Waals surface area (Å²) in [4.78, 5) is 13.7. The van der Waals surface area contributed by atoms with Crippen LogP contribution < -0.4 is 10.1 Å². The van der Waals surface area contributed by atoms with Gasteiger partial charge >= 0.3 is 0 Å². The SMILES string of the molecule is CC[C@H](Sc1ccc(C)cc1)C(=O)Nc1nnc(-c2ccccc2OC)s1. The molecule has 1 atom stereocenters. The van der Waals surface area contributed by atoms with E-state index >= 15 is 0 Å². The van der Waals surface area contributed by atoms with Crippen LogP contribution in [-0.4, -0.2) is 28.5 Å². The number of carbonyl (C=O) groups is 1. The molecule has 3 aromatic rings. The highest BCUT2D eigenvalue weighted by Gasteiger charge is 2.20. The number of nitrogens with one attached hydrogen (secondary N) is 1. The molecular formula is C20H21N3O2S2. The van der Waals surface area contributed by atoms with Crippen LogP contribution >= 0.6 is 23.1 Å². The van der Waals surface area contributed by atoms with Gasteiger partial charge in [0.15, 0.2) is 5.01 Å². The van der Waals surface area contributed by atoms with Gasteiger partial charge in [-0.1, -0.05) is 48.1 Å². The maximum absolute atomic E-state index is 12.7. The first-order chi connectivity index (χ1) is 13.1. The molecule has 0 saturated heterocycles. The Morgan fingerprint density at radius 3 is 2.63 bits per heavy atom. The number of thioether (sulfide) groups is 1. The molecule has 0 aliphatic heterocycles. The van der Waals surface area contributed by atoms with Gasteiger partial charge in [0.05, 0.1) is 17.9 Å². The lowest BCUT2D eigenvalue weighted by atomic mass is 10.2. The summed E-state index contributed by atoms with van der Waals surface area (Å²) >= 11 is 2.89. The first-order valence-electron chi connectivity index (χ1n) is 8.61. The molecule has 1 amide bonds. The van der Waals surface area contributed by atoms with E-state index in [0.29, 0.717) is 10.1 Å². The monoisotopic (exact) mass is 399 g/mol. The van der Waals surface area contributed by atoms with Crippen LogP contribution in [0.25, 0.3) is 10.6 Å². The third-order valence-electron chi connectivity index (χ3n) is 3.96. The van der Waals surface area contributed by atoms with Crippen LogP contribution in [0.1, 0.15) is 18.9 Å². The van der Waals surface area contributed by atoms with Gasteiger partial charge in [-0.25, -0.2) is 0 Å². The van der Waals surface area contributed by atoms with E-state index < -0.39 is 0 Å². The Morgan fingerprint density at radius 2 is 1.93 bits per heavy atom. The van der Waals surface area contributed by atoms with E-state index in [1.54, 1.807) is 18.9 Å². The Hall–Kier alpha value is -2.38. The number of hydrogen-bond acceptors (Lipinski definition) is 6. The molecule has 140 valence electrons. The average Bonchev–Trinajstić information content (AvgIpc) is 3.15. The third kappa shape index (κ3) is 4.87. The van der Waals surface area contributed by atoms with Gasteiger partial charge < -0.3 is 4.74 Å². The van der Waals surface area contributed by atoms with E-state index in [1.807, 2.05) is 50.2 Å². The molecule has 0 fully saturated rings. The topological polar surface area (TPSA) is 64.1 Å². The highest BCUT2D eigenvalue weighted by molar-refractivity contribution is 8.00. The van der Waals surface area contributed by atoms with Crippen molar-refractivity contribution >= 4 is 34.1 Å². The molecule has 27 heavy (non-hydrogen) atoms. The van der Waals surface area contributed by atoms with Gasteiger partial charge in [-0.15, -0.1) is 22.0 Å². The van der Waals surface area contributed by atoms with Gasteiger partial charge in [0.2, 0.25) is 11.0 Å². The molecular weight excluding hydrogens is 378 g/mol. The van der Waals surface area contributed by atoms with Crippen molar-refractivity contribution in [2.75, 3.05) is 12.4 Å². The molecule has 1 aromatic heterocycles. The summed E-state index contributed by atoms with van der Waals surface area (Å²) in [6, 6.07) is 15.8. The maximum Gasteiger partial charge on any atom is 0.239 e. The molecule has 0 aliphatic carbocycles. The Kier molecular flexibility index (Phi) is 6.47. The van der Waals surface area contributed by atoms with Crippen molar-refractivity contribution in [3.63, 3.8) is 0 Å². The number of benzene rings is 2. The zero-order valence-corrected chi connectivity index (χ0v) is 17.1. The number of para-hydroxylation sites is 1. The van der Waals surface area contributed by atoms with Crippen molar-refractivity contribution in [3.05, 3.63) is 54.1 Å². The van der Waals surface area contributed by atoms with E-state index in [2.05, 4.69) is 27.6 Å². The molecule has 1 N–H and O–H groups in total. The average molecular weight is 400 g/mol. The number of carbonyl (C=O) groups excluding carboxylic acids is 1. The minimum atomic E-state index is -0.189. The van der Waals surface area contributed by atoms with Gasteiger partial charge in [0, 0.05) is 4.90 Å². The summed E-state index contributed by atoms with van der Waals surface area (Å²) in [5.74, 6) is 0.665. The van der Waals surface area contributed by atoms with Crippen molar-refractivity contribution in [3.8, 4) is 16.3 Å². The molecule has 0 saturated carbocycles. The van der Waals surface area contributed by atoms with Crippen LogP contribution in [0.2, 0.25) is 0 Å². The van der Waals surface area contributed by atoms with Crippen molar-refractivity contribution in [2.24, 2.45) is 0 Å². The van der Waals surface area contributed by atoms with Gasteiger partial charge in [0.1, 0.15) is 5.75 Å². The highest BCUT2D eigenvalue weighted by Crippen LogP contribution is 2.34. The van der Waals surface area contributed by atoms with E-state index in [1.165, 1.54) is 16.9 Å². The summed E-state index contributed by atoms with van der Waals surface area (Å²) in [7, 11) is 1.62. The third-order valence-corrected chi connectivity index (χ3v) is 6.20. The number of hydrogen-bond donors (Lipinski definition) is 1. The molecule has 0 unspecified atom stereocenters. The summed E-state index contributed by atoms with van der Waals surface area (Å²) in [5, 5.41) is 12.2. The van der Waals surface area contributed by atoms with Crippen LogP contribution in [0.4, 0.5) is 5.13 Å². The number of anilines is 1. The van der Waals surface area contributed by atoms with E-state index in [0.717, 1.165) is 22.6 Å². The minimum absolute atomic E-state index is 0.0641. The Labute approximate surface area is 167 Å². The van der Waals surface area contributed by atoms with Crippen LogP contribution in [-0.2, 0) is 4.79 Å². The second kappa shape index (κ2) is 9.01. The fourth-order valence-electron chi connectivity index (χ4n) is 2.49. The predicted octanol–water partition coefficient (Wildman–Crippen LogP) is 5.03. The van der Waals surface area contributed by atoms with Crippen LogP contribution in [0.5, 0.6) is 5.75 Å². The number of aryl methyl sites for hydroxylation is 1. The van der Waals surface area contributed by atoms with Crippen molar-refractivity contribution in [1.82, 2.24) is 10.2 Å². The number of amides is 1. The van der Waals surface area contributed by atoms with Crippen LogP contribution in [0.3, 0.4) is 0 Å². The normalized spacial score (nSPS) is 11.8. The van der Waals surface area contributed by atoms with Gasteiger partial charge in [-0.3, -0.25) is 10.1 Å². The molecule has 0 radical (unpaired) electrons. The second-order valence-electron chi connectivity index (χ2n) is 5.93. The first kappa shape index (κ1) is 19.4. The first-order valence-corrected chi connectivity index (χ1v) is 10.3. The molecule has 3 rings (SSSR count). The second-order valence-corrected chi connectivity index (χ2v) is 8.18. The Balaban J connectivity index is 1.70. The lowest BCUT2D eigenvalue weighted by Gasteiger charge is -2.13. The zero-order chi connectivity index (χ0) is 19.2. The quantitative estimate of drug-likeness (QED) is 0.565. The van der Waals surface area contributed by atoms with Gasteiger partial charge in [-0.2, -0.15) is 0 Å². The zero-order valence-electron chi connectivity index (χ0n) is 15.4. The molecule has 1 heterocycles. The lowest BCUT2D eigenvalue weighted by molar-refractivity contribution is -0.115. The molecule has 7 heteroatoms. The molecule has 5 nitrogen and oxygen atoms in total. The molecule has 0 aliphatic rings. The fourth-order valence-corrected chi connectivity index (χ4v) is 4.22. The molecule has 0 bridgehead atoms. The van der Waals surface area contributed by atoms with Crippen molar-refractivity contribution in [1.29, 1.82) is 0 Å². The maximum atomic E-state index is 12.7. The smallest absolute Gasteiger partial charge is 0.239 e. The van der Waals surface area contributed by atoms with E-state index in [9.17, 15) is 4.79 Å². The van der Waals surface area contributed by atoms with Gasteiger partial charge in [0.25, 0.3) is 0 Å². The number of ether oxygens (including phenoxy) is 1. The van der Waals surface area contributed by atoms with Crippen LogP contribution in [0, 0.1) is 6.92 Å². The molecule has 0 spiro atoms. The number of rotatable bonds is 7. The van der Waals surface area contributed by atoms with Gasteiger partial charge in [-0.05, 0) is 37.6 Å². The summed E-state index contributed by atoms with van der Waals surface area (Å²) in [5.41, 5.74) is 2.06. The number of nitrogens with zero attached hydrogens (tertiary/aromatic N) is 2. The Bertz CT molecular complexity index is 910. The summed E-state index contributed by atoms with van der Waals surface area (Å²) < 4.78 is 5.37. The Morgan fingerprint density at radius 1 is 1.19 bits per heavy atom. The molecule has 2 aromatic carbocycles. The van der Waals surface area contributed by atoms with E-state index in [-0.39, 0.29) is 11.2 Å². The number of aromatic nitrogens is 2. The predicted molar refractivity (Wildman–Crippen MR) is 112 cm³/mol. The summed E-state index contributed by atoms with van der Waals surface area (Å²) in [6.45, 7) is 4.05. The van der Waals surface area contributed by atoms with Crippen molar-refractivity contribution < 1.29 is 9.53 Å². The van der Waals surface area contributed by atoms with E-state index in [4.69, 9.17) is 4.74 Å². The summed E-state index contributed by atoms with van der Waals surface area (Å²) in [6.07, 6.45) is 0.725. The van der Waals surface area contributed by atoms with Crippen molar-refractivity contribution in [2.45, 2.75) is 30.4 Å².